The summed E-state index contributed by atoms with van der Waals surface area (Å²) in [5, 5.41) is 9.45. The molecule has 2 amide bonds. The van der Waals surface area contributed by atoms with Gasteiger partial charge in [-0.25, -0.2) is 14.8 Å². The van der Waals surface area contributed by atoms with Crippen LogP contribution in [0.3, 0.4) is 0 Å². The summed E-state index contributed by atoms with van der Waals surface area (Å²) >= 11 is 0. The standard InChI is InChI=1S/C30H37N7O3/c1-22-8-5-9-23(18-22)33-26-20-27(32-21-31-26)34-24-10-6-11-25(19-24)35-28(38)12-7-13-36-14-16-37(17-15-36)29(39)40-30(2,3)4/h5-12,18-21H,13-17H2,1-4H3,(H,35,38)(H2,31,32,33,34). The van der Waals surface area contributed by atoms with Crippen LogP contribution in [0, 0.1) is 6.92 Å². The lowest BCUT2D eigenvalue weighted by molar-refractivity contribution is -0.111. The summed E-state index contributed by atoms with van der Waals surface area (Å²) in [4.78, 5) is 37.2. The van der Waals surface area contributed by atoms with E-state index >= 15 is 0 Å². The first-order chi connectivity index (χ1) is 19.1. The van der Waals surface area contributed by atoms with Crippen molar-refractivity contribution in [2.75, 3.05) is 48.7 Å². The molecule has 0 saturated carbocycles. The Bertz CT molecular complexity index is 1340. The number of nitrogens with zero attached hydrogens (tertiary/aromatic N) is 4. The van der Waals surface area contributed by atoms with Gasteiger partial charge in [-0.1, -0.05) is 24.3 Å². The number of carbonyl (C=O) groups excluding carboxylic acids is 2. The third-order valence-electron chi connectivity index (χ3n) is 6.02. The molecule has 10 heteroatoms. The molecule has 1 aliphatic heterocycles. The van der Waals surface area contributed by atoms with E-state index in [0.29, 0.717) is 37.0 Å². The monoisotopic (exact) mass is 543 g/mol. The van der Waals surface area contributed by atoms with Crippen LogP contribution in [0.5, 0.6) is 0 Å². The average molecular weight is 544 g/mol. The van der Waals surface area contributed by atoms with Crippen molar-refractivity contribution in [3.05, 3.63) is 78.6 Å². The molecule has 4 rings (SSSR count). The van der Waals surface area contributed by atoms with Crippen LogP contribution in [0.2, 0.25) is 0 Å². The molecule has 210 valence electrons. The van der Waals surface area contributed by atoms with Crippen LogP contribution in [-0.2, 0) is 9.53 Å². The number of ether oxygens (including phenoxy) is 1. The first-order valence-electron chi connectivity index (χ1n) is 13.3. The van der Waals surface area contributed by atoms with Crippen molar-refractivity contribution in [3.63, 3.8) is 0 Å². The fraction of sp³-hybridized carbons (Fsp3) is 0.333. The summed E-state index contributed by atoms with van der Waals surface area (Å²) in [6, 6.07) is 17.3. The van der Waals surface area contributed by atoms with E-state index < -0.39 is 5.60 Å². The maximum absolute atomic E-state index is 12.5. The predicted octanol–water partition coefficient (Wildman–Crippen LogP) is 5.32. The van der Waals surface area contributed by atoms with E-state index in [1.807, 2.05) is 88.4 Å². The van der Waals surface area contributed by atoms with Gasteiger partial charge in [0.15, 0.2) is 0 Å². The van der Waals surface area contributed by atoms with Gasteiger partial charge in [0, 0.05) is 61.9 Å². The fourth-order valence-electron chi connectivity index (χ4n) is 4.12. The molecule has 2 aromatic carbocycles. The molecule has 3 N–H and O–H groups in total. The molecule has 1 saturated heterocycles. The third-order valence-corrected chi connectivity index (χ3v) is 6.02. The minimum absolute atomic E-state index is 0.212. The van der Waals surface area contributed by atoms with Crippen molar-refractivity contribution in [1.82, 2.24) is 19.8 Å². The van der Waals surface area contributed by atoms with E-state index in [1.165, 1.54) is 12.4 Å². The molecule has 0 radical (unpaired) electrons. The number of piperazine rings is 1. The van der Waals surface area contributed by atoms with Crippen molar-refractivity contribution in [2.45, 2.75) is 33.3 Å². The topological polar surface area (TPSA) is 112 Å². The smallest absolute Gasteiger partial charge is 0.410 e. The van der Waals surface area contributed by atoms with Crippen molar-refractivity contribution < 1.29 is 14.3 Å². The van der Waals surface area contributed by atoms with Gasteiger partial charge in [-0.05, 0) is 63.6 Å². The maximum Gasteiger partial charge on any atom is 0.410 e. The number of aryl methyl sites for hydroxylation is 1. The number of amides is 2. The Kier molecular flexibility index (Phi) is 9.34. The third kappa shape index (κ3) is 9.09. The van der Waals surface area contributed by atoms with Crippen LogP contribution in [0.25, 0.3) is 0 Å². The molecule has 0 aliphatic carbocycles. The van der Waals surface area contributed by atoms with Gasteiger partial charge < -0.3 is 25.6 Å². The van der Waals surface area contributed by atoms with Gasteiger partial charge >= 0.3 is 6.09 Å². The zero-order valence-corrected chi connectivity index (χ0v) is 23.5. The van der Waals surface area contributed by atoms with E-state index in [0.717, 1.165) is 30.0 Å². The number of aromatic nitrogens is 2. The van der Waals surface area contributed by atoms with E-state index in [-0.39, 0.29) is 12.0 Å². The minimum atomic E-state index is -0.501. The highest BCUT2D eigenvalue weighted by Gasteiger charge is 2.25. The van der Waals surface area contributed by atoms with Gasteiger partial charge in [-0.3, -0.25) is 9.69 Å². The van der Waals surface area contributed by atoms with E-state index in [1.54, 1.807) is 4.90 Å². The van der Waals surface area contributed by atoms with Crippen molar-refractivity contribution >= 4 is 40.7 Å². The van der Waals surface area contributed by atoms with Crippen LogP contribution >= 0.6 is 0 Å². The zero-order chi connectivity index (χ0) is 28.5. The quantitative estimate of drug-likeness (QED) is 0.328. The van der Waals surface area contributed by atoms with Crippen LogP contribution in [0.15, 0.2) is 73.1 Å². The minimum Gasteiger partial charge on any atom is -0.444 e. The second kappa shape index (κ2) is 13.1. The summed E-state index contributed by atoms with van der Waals surface area (Å²) in [5.41, 5.74) is 3.05. The molecule has 0 spiro atoms. The number of carbonyl (C=O) groups is 2. The first kappa shape index (κ1) is 28.6. The molecule has 3 aromatic rings. The Morgan fingerprint density at radius 2 is 1.52 bits per heavy atom. The van der Waals surface area contributed by atoms with Crippen LogP contribution in [-0.4, -0.2) is 70.1 Å². The molecule has 1 fully saturated rings. The second-order valence-corrected chi connectivity index (χ2v) is 10.6. The highest BCUT2D eigenvalue weighted by molar-refractivity contribution is 5.99. The first-order valence-corrected chi connectivity index (χ1v) is 13.3. The van der Waals surface area contributed by atoms with E-state index in [9.17, 15) is 9.59 Å². The normalized spacial score (nSPS) is 14.2. The Hall–Kier alpha value is -4.44. The van der Waals surface area contributed by atoms with Crippen molar-refractivity contribution in [3.8, 4) is 0 Å². The van der Waals surface area contributed by atoms with E-state index in [4.69, 9.17) is 4.74 Å². The molecule has 0 atom stereocenters. The highest BCUT2D eigenvalue weighted by atomic mass is 16.6. The molecule has 0 bridgehead atoms. The van der Waals surface area contributed by atoms with Gasteiger partial charge in [-0.2, -0.15) is 0 Å². The van der Waals surface area contributed by atoms with E-state index in [2.05, 4.69) is 30.8 Å². The van der Waals surface area contributed by atoms with Crippen LogP contribution in [0.4, 0.5) is 33.5 Å². The summed E-state index contributed by atoms with van der Waals surface area (Å²) in [5.74, 6) is 1.08. The maximum atomic E-state index is 12.5. The lowest BCUT2D eigenvalue weighted by Gasteiger charge is -2.35. The van der Waals surface area contributed by atoms with Gasteiger partial charge in [0.1, 0.15) is 23.6 Å². The molecular formula is C30H37N7O3. The Labute approximate surface area is 235 Å². The predicted molar refractivity (Wildman–Crippen MR) is 158 cm³/mol. The summed E-state index contributed by atoms with van der Waals surface area (Å²) in [6.07, 6.45) is 4.59. The molecule has 2 heterocycles. The number of benzene rings is 2. The van der Waals surface area contributed by atoms with Gasteiger partial charge in [0.25, 0.3) is 0 Å². The molecule has 0 unspecified atom stereocenters. The van der Waals surface area contributed by atoms with Crippen LogP contribution in [0.1, 0.15) is 26.3 Å². The Morgan fingerprint density at radius 3 is 2.17 bits per heavy atom. The molecule has 40 heavy (non-hydrogen) atoms. The van der Waals surface area contributed by atoms with Gasteiger partial charge in [0.2, 0.25) is 5.91 Å². The fourth-order valence-corrected chi connectivity index (χ4v) is 4.12. The lowest BCUT2D eigenvalue weighted by atomic mass is 10.2. The average Bonchev–Trinajstić information content (AvgIpc) is 2.88. The SMILES string of the molecule is Cc1cccc(Nc2cc(Nc3cccc(NC(=O)C=CCN4CCN(C(=O)OC(C)(C)C)CC4)c3)ncn2)c1. The number of nitrogens with one attached hydrogen (secondary N) is 3. The number of hydrogen-bond donors (Lipinski definition) is 3. The zero-order valence-electron chi connectivity index (χ0n) is 23.5. The summed E-state index contributed by atoms with van der Waals surface area (Å²) in [7, 11) is 0. The number of rotatable bonds is 8. The van der Waals surface area contributed by atoms with Crippen LogP contribution < -0.4 is 16.0 Å². The molecule has 1 aromatic heterocycles. The number of anilines is 5. The molecule has 10 nitrogen and oxygen atoms in total. The second-order valence-electron chi connectivity index (χ2n) is 10.6. The largest absolute Gasteiger partial charge is 0.444 e. The Morgan fingerprint density at radius 1 is 0.900 bits per heavy atom. The van der Waals surface area contributed by atoms with Gasteiger partial charge in [-0.15, -0.1) is 0 Å². The van der Waals surface area contributed by atoms with Gasteiger partial charge in [0.05, 0.1) is 0 Å². The Balaban J connectivity index is 1.24. The lowest BCUT2D eigenvalue weighted by Crippen LogP contribution is -2.49. The molecular weight excluding hydrogens is 506 g/mol. The van der Waals surface area contributed by atoms with Crippen molar-refractivity contribution in [1.29, 1.82) is 0 Å². The van der Waals surface area contributed by atoms with Crippen molar-refractivity contribution in [2.24, 2.45) is 0 Å². The summed E-state index contributed by atoms with van der Waals surface area (Å²) < 4.78 is 5.44. The number of hydrogen-bond acceptors (Lipinski definition) is 8. The summed E-state index contributed by atoms with van der Waals surface area (Å²) in [6.45, 7) is 10.9. The molecule has 1 aliphatic rings. The highest BCUT2D eigenvalue weighted by Crippen LogP contribution is 2.22.